The minimum absolute atomic E-state index is 0.0228. The molecule has 3 rings (SSSR count). The van der Waals surface area contributed by atoms with E-state index in [4.69, 9.17) is 0 Å². The maximum atomic E-state index is 12.4. The van der Waals surface area contributed by atoms with Gasteiger partial charge in [0.25, 0.3) is 0 Å². The van der Waals surface area contributed by atoms with Crippen LogP contribution in [0, 0.1) is 6.92 Å². The SMILES string of the molecule is CCN(CCNC(=O)N1CCN(Cc2ncn[nH]2)CC1)c1cccc(C)c1. The number of aromatic nitrogens is 3. The highest BCUT2D eigenvalue weighted by atomic mass is 16.2. The average Bonchev–Trinajstić information content (AvgIpc) is 3.19. The Morgan fingerprint density at radius 3 is 2.78 bits per heavy atom. The van der Waals surface area contributed by atoms with Gasteiger partial charge in [-0.05, 0) is 31.5 Å². The number of aromatic amines is 1. The predicted molar refractivity (Wildman–Crippen MR) is 106 cm³/mol. The molecule has 27 heavy (non-hydrogen) atoms. The van der Waals surface area contributed by atoms with Gasteiger partial charge in [0.15, 0.2) is 0 Å². The largest absolute Gasteiger partial charge is 0.370 e. The van der Waals surface area contributed by atoms with Crippen LogP contribution in [0.25, 0.3) is 0 Å². The van der Waals surface area contributed by atoms with Gasteiger partial charge < -0.3 is 15.1 Å². The van der Waals surface area contributed by atoms with Gasteiger partial charge in [0, 0.05) is 51.5 Å². The van der Waals surface area contributed by atoms with E-state index >= 15 is 0 Å². The van der Waals surface area contributed by atoms with Crippen molar-refractivity contribution in [3.63, 3.8) is 0 Å². The molecule has 1 aromatic carbocycles. The number of carbonyl (C=O) groups excluding carboxylic acids is 1. The fourth-order valence-electron chi connectivity index (χ4n) is 3.33. The standard InChI is InChI=1S/C19H29N7O/c1-3-25(17-6-4-5-16(2)13-17)8-7-20-19(27)26-11-9-24(10-12-26)14-18-21-15-22-23-18/h4-6,13,15H,3,7-12,14H2,1-2H3,(H,20,27)(H,21,22,23). The number of likely N-dealkylation sites (N-methyl/N-ethyl adjacent to an activating group) is 1. The summed E-state index contributed by atoms with van der Waals surface area (Å²) < 4.78 is 0. The molecule has 0 saturated carbocycles. The van der Waals surface area contributed by atoms with Crippen LogP contribution >= 0.6 is 0 Å². The third-order valence-electron chi connectivity index (χ3n) is 4.90. The maximum absolute atomic E-state index is 12.4. The molecule has 0 atom stereocenters. The first-order valence-electron chi connectivity index (χ1n) is 9.56. The van der Waals surface area contributed by atoms with E-state index in [1.165, 1.54) is 17.6 Å². The van der Waals surface area contributed by atoms with E-state index in [1.807, 2.05) is 4.90 Å². The highest BCUT2D eigenvalue weighted by molar-refractivity contribution is 5.74. The van der Waals surface area contributed by atoms with Crippen molar-refractivity contribution >= 4 is 11.7 Å². The van der Waals surface area contributed by atoms with Gasteiger partial charge in [-0.15, -0.1) is 0 Å². The molecule has 2 aromatic rings. The molecule has 0 bridgehead atoms. The lowest BCUT2D eigenvalue weighted by atomic mass is 10.2. The third kappa shape index (κ3) is 5.43. The van der Waals surface area contributed by atoms with Crippen LogP contribution in [0.4, 0.5) is 10.5 Å². The van der Waals surface area contributed by atoms with Crippen LogP contribution < -0.4 is 10.2 Å². The summed E-state index contributed by atoms with van der Waals surface area (Å²) in [5.41, 5.74) is 2.45. The van der Waals surface area contributed by atoms with Gasteiger partial charge in [0.05, 0.1) is 6.54 Å². The van der Waals surface area contributed by atoms with Crippen molar-refractivity contribution in [3.8, 4) is 0 Å². The minimum atomic E-state index is 0.0228. The predicted octanol–water partition coefficient (Wildman–Crippen LogP) is 1.47. The molecule has 2 N–H and O–H groups in total. The monoisotopic (exact) mass is 371 g/mol. The smallest absolute Gasteiger partial charge is 0.317 e. The van der Waals surface area contributed by atoms with Gasteiger partial charge in [-0.1, -0.05) is 12.1 Å². The third-order valence-corrected chi connectivity index (χ3v) is 4.90. The highest BCUT2D eigenvalue weighted by Gasteiger charge is 2.21. The van der Waals surface area contributed by atoms with E-state index in [-0.39, 0.29) is 6.03 Å². The fraction of sp³-hybridized carbons (Fsp3) is 0.526. The molecule has 0 radical (unpaired) electrons. The molecule has 2 heterocycles. The molecule has 146 valence electrons. The van der Waals surface area contributed by atoms with Crippen molar-refractivity contribution in [2.24, 2.45) is 0 Å². The molecule has 1 aliphatic rings. The summed E-state index contributed by atoms with van der Waals surface area (Å²) >= 11 is 0. The number of urea groups is 1. The lowest BCUT2D eigenvalue weighted by Gasteiger charge is -2.34. The molecule has 8 nitrogen and oxygen atoms in total. The number of H-pyrrole nitrogens is 1. The fourth-order valence-corrected chi connectivity index (χ4v) is 3.33. The average molecular weight is 371 g/mol. The van der Waals surface area contributed by atoms with Crippen LogP contribution in [0.2, 0.25) is 0 Å². The van der Waals surface area contributed by atoms with E-state index < -0.39 is 0 Å². The van der Waals surface area contributed by atoms with Crippen molar-refractivity contribution in [3.05, 3.63) is 42.0 Å². The summed E-state index contributed by atoms with van der Waals surface area (Å²) in [6.45, 7) is 10.5. The van der Waals surface area contributed by atoms with Crippen LogP contribution in [-0.4, -0.2) is 76.8 Å². The molecule has 1 aliphatic heterocycles. The van der Waals surface area contributed by atoms with Crippen molar-refractivity contribution in [1.29, 1.82) is 0 Å². The number of piperazine rings is 1. The maximum Gasteiger partial charge on any atom is 0.317 e. The van der Waals surface area contributed by atoms with Gasteiger partial charge in [0.2, 0.25) is 0 Å². The van der Waals surface area contributed by atoms with Gasteiger partial charge in [0.1, 0.15) is 12.2 Å². The number of anilines is 1. The molecular weight excluding hydrogens is 342 g/mol. The first kappa shape index (κ1) is 19.2. The number of nitrogens with one attached hydrogen (secondary N) is 2. The number of hydrogen-bond acceptors (Lipinski definition) is 5. The zero-order chi connectivity index (χ0) is 19.1. The Balaban J connectivity index is 1.39. The number of aryl methyl sites for hydroxylation is 1. The van der Waals surface area contributed by atoms with E-state index in [9.17, 15) is 4.79 Å². The quantitative estimate of drug-likeness (QED) is 0.770. The summed E-state index contributed by atoms with van der Waals surface area (Å²) in [6.07, 6.45) is 1.52. The molecule has 1 saturated heterocycles. The van der Waals surface area contributed by atoms with Gasteiger partial charge in [-0.2, -0.15) is 5.10 Å². The van der Waals surface area contributed by atoms with Crippen LogP contribution in [0.15, 0.2) is 30.6 Å². The number of hydrogen-bond donors (Lipinski definition) is 2. The van der Waals surface area contributed by atoms with Gasteiger partial charge in [-0.25, -0.2) is 9.78 Å². The molecule has 1 fully saturated rings. The summed E-state index contributed by atoms with van der Waals surface area (Å²) in [5, 5.41) is 9.81. The van der Waals surface area contributed by atoms with Crippen LogP contribution in [-0.2, 0) is 6.54 Å². The molecule has 0 spiro atoms. The number of amides is 2. The normalized spacial score (nSPS) is 15.0. The van der Waals surface area contributed by atoms with Crippen molar-refractivity contribution in [2.45, 2.75) is 20.4 Å². The summed E-state index contributed by atoms with van der Waals surface area (Å²) in [6, 6.07) is 8.49. The second-order valence-electron chi connectivity index (χ2n) is 6.85. The van der Waals surface area contributed by atoms with Crippen molar-refractivity contribution in [2.75, 3.05) is 50.7 Å². The van der Waals surface area contributed by atoms with Crippen LogP contribution in [0.3, 0.4) is 0 Å². The molecule has 1 aromatic heterocycles. The van der Waals surface area contributed by atoms with E-state index in [1.54, 1.807) is 0 Å². The number of rotatable bonds is 7. The number of nitrogens with zero attached hydrogens (tertiary/aromatic N) is 5. The second kappa shape index (κ2) is 9.36. The highest BCUT2D eigenvalue weighted by Crippen LogP contribution is 2.15. The van der Waals surface area contributed by atoms with Gasteiger partial charge in [-0.3, -0.25) is 10.00 Å². The second-order valence-corrected chi connectivity index (χ2v) is 6.85. The van der Waals surface area contributed by atoms with Gasteiger partial charge >= 0.3 is 6.03 Å². The minimum Gasteiger partial charge on any atom is -0.370 e. The van der Waals surface area contributed by atoms with E-state index in [0.29, 0.717) is 6.54 Å². The topological polar surface area (TPSA) is 80.4 Å². The summed E-state index contributed by atoms with van der Waals surface area (Å²) in [7, 11) is 0. The van der Waals surface area contributed by atoms with Crippen LogP contribution in [0.5, 0.6) is 0 Å². The Morgan fingerprint density at radius 2 is 2.11 bits per heavy atom. The van der Waals surface area contributed by atoms with Crippen LogP contribution in [0.1, 0.15) is 18.3 Å². The van der Waals surface area contributed by atoms with Crippen molar-refractivity contribution < 1.29 is 4.79 Å². The Labute approximate surface area is 160 Å². The lowest BCUT2D eigenvalue weighted by molar-refractivity contribution is 0.134. The zero-order valence-corrected chi connectivity index (χ0v) is 16.2. The first-order valence-corrected chi connectivity index (χ1v) is 9.56. The van der Waals surface area contributed by atoms with Crippen molar-refractivity contribution in [1.82, 2.24) is 30.3 Å². The lowest BCUT2D eigenvalue weighted by Crippen LogP contribution is -2.52. The molecule has 0 aliphatic carbocycles. The summed E-state index contributed by atoms with van der Waals surface area (Å²) in [4.78, 5) is 23.0. The van der Waals surface area contributed by atoms with E-state index in [0.717, 1.165) is 51.6 Å². The Morgan fingerprint density at radius 1 is 1.30 bits per heavy atom. The Kier molecular flexibility index (Phi) is 6.64. The summed E-state index contributed by atoms with van der Waals surface area (Å²) in [5.74, 6) is 0.865. The zero-order valence-electron chi connectivity index (χ0n) is 16.2. The number of carbonyl (C=O) groups is 1. The first-order chi connectivity index (χ1) is 13.2. The Bertz CT molecular complexity index is 711. The molecule has 0 unspecified atom stereocenters. The molecule has 2 amide bonds. The molecule has 8 heteroatoms. The Hall–Kier alpha value is -2.61. The number of benzene rings is 1. The van der Waals surface area contributed by atoms with E-state index in [2.05, 4.69) is 68.4 Å². The molecular formula is C19H29N7O.